The fourth-order valence-electron chi connectivity index (χ4n) is 2.35. The summed E-state index contributed by atoms with van der Waals surface area (Å²) in [7, 11) is 0. The van der Waals surface area contributed by atoms with Crippen LogP contribution in [0.4, 0.5) is 6.01 Å². The summed E-state index contributed by atoms with van der Waals surface area (Å²) >= 11 is 3.46. The third kappa shape index (κ3) is 2.56. The molecule has 0 aliphatic carbocycles. The smallest absolute Gasteiger partial charge is 0.292 e. The molecule has 0 radical (unpaired) electrons. The second kappa shape index (κ2) is 5.28. The van der Waals surface area contributed by atoms with E-state index in [2.05, 4.69) is 20.9 Å². The van der Waals surface area contributed by atoms with E-state index >= 15 is 0 Å². The minimum atomic E-state index is 0.0871. The number of hydrogen-bond acceptors (Lipinski definition) is 4. The molecule has 1 amide bonds. The van der Waals surface area contributed by atoms with Crippen LogP contribution in [0.5, 0.6) is 0 Å². The second-order valence-corrected chi connectivity index (χ2v) is 5.61. The number of carbonyl (C=O) groups excluding carboxylic acids is 1. The first-order valence-corrected chi connectivity index (χ1v) is 7.18. The largest absolute Gasteiger partial charge is 0.428 e. The van der Waals surface area contributed by atoms with Gasteiger partial charge in [-0.1, -0.05) is 34.1 Å². The molecule has 5 nitrogen and oxygen atoms in total. The number of benzene rings is 1. The molecule has 104 valence electrons. The summed E-state index contributed by atoms with van der Waals surface area (Å²) in [6.07, 6.45) is 1.05. The maximum Gasteiger partial charge on any atom is 0.292 e. The Hall–Kier alpha value is -1.82. The first-order chi connectivity index (χ1) is 9.63. The van der Waals surface area contributed by atoms with Crippen LogP contribution in [0, 0.1) is 0 Å². The van der Waals surface area contributed by atoms with E-state index in [9.17, 15) is 4.79 Å². The Morgan fingerprint density at radius 3 is 3.05 bits per heavy atom. The van der Waals surface area contributed by atoms with Gasteiger partial charge in [0.15, 0.2) is 0 Å². The molecule has 20 heavy (non-hydrogen) atoms. The molecule has 6 heteroatoms. The van der Waals surface area contributed by atoms with E-state index in [0.717, 1.165) is 21.5 Å². The van der Waals surface area contributed by atoms with E-state index in [0.29, 0.717) is 25.9 Å². The molecule has 0 unspecified atom stereocenters. The van der Waals surface area contributed by atoms with Crippen LogP contribution in [0.2, 0.25) is 0 Å². The Kier molecular flexibility index (Phi) is 3.48. The number of halogens is 1. The number of nitrogens with zero attached hydrogens (tertiary/aromatic N) is 2. The Labute approximate surface area is 124 Å². The monoisotopic (exact) mass is 335 g/mol. The van der Waals surface area contributed by atoms with Gasteiger partial charge in [-0.2, -0.15) is 4.98 Å². The topological polar surface area (TPSA) is 72.4 Å². The highest BCUT2D eigenvalue weighted by molar-refractivity contribution is 9.10. The molecule has 1 aliphatic rings. The van der Waals surface area contributed by atoms with Gasteiger partial charge in [-0.3, -0.25) is 4.79 Å². The van der Waals surface area contributed by atoms with Gasteiger partial charge in [-0.25, -0.2) is 0 Å². The molecule has 1 aliphatic heterocycles. The first kappa shape index (κ1) is 13.2. The van der Waals surface area contributed by atoms with E-state index in [4.69, 9.17) is 10.2 Å². The van der Waals surface area contributed by atoms with Gasteiger partial charge in [0, 0.05) is 17.4 Å². The number of carbonyl (C=O) groups is 1. The van der Waals surface area contributed by atoms with Crippen molar-refractivity contribution in [2.24, 2.45) is 0 Å². The first-order valence-electron chi connectivity index (χ1n) is 6.38. The molecule has 2 aromatic rings. The van der Waals surface area contributed by atoms with Gasteiger partial charge >= 0.3 is 0 Å². The highest BCUT2D eigenvalue weighted by atomic mass is 79.9. The van der Waals surface area contributed by atoms with Gasteiger partial charge in [0.1, 0.15) is 11.5 Å². The normalized spacial score (nSPS) is 14.2. The maximum absolute atomic E-state index is 12.4. The lowest BCUT2D eigenvalue weighted by Crippen LogP contribution is -2.36. The highest BCUT2D eigenvalue weighted by Crippen LogP contribution is 2.22. The number of fused-ring (bicyclic) bond motifs is 1. The van der Waals surface area contributed by atoms with Crippen LogP contribution >= 0.6 is 15.9 Å². The predicted molar refractivity (Wildman–Crippen MR) is 77.9 cm³/mol. The van der Waals surface area contributed by atoms with E-state index in [1.54, 1.807) is 4.90 Å². The summed E-state index contributed by atoms with van der Waals surface area (Å²) in [5, 5.41) is 0. The SMILES string of the molecule is Nc1nc2c(o1)CCN(C(=O)Cc1ccccc1Br)C2. The van der Waals surface area contributed by atoms with E-state index in [1.165, 1.54) is 0 Å². The molecule has 0 saturated heterocycles. The quantitative estimate of drug-likeness (QED) is 0.912. The van der Waals surface area contributed by atoms with Crippen LogP contribution < -0.4 is 5.73 Å². The number of nitrogens with two attached hydrogens (primary N) is 1. The van der Waals surface area contributed by atoms with E-state index < -0.39 is 0 Å². The number of anilines is 1. The number of oxazole rings is 1. The van der Waals surface area contributed by atoms with Crippen LogP contribution in [0.15, 0.2) is 33.2 Å². The predicted octanol–water partition coefficient (Wildman–Crippen LogP) is 2.15. The van der Waals surface area contributed by atoms with Gasteiger partial charge < -0.3 is 15.1 Å². The van der Waals surface area contributed by atoms with Crippen molar-refractivity contribution in [1.82, 2.24) is 9.88 Å². The maximum atomic E-state index is 12.4. The van der Waals surface area contributed by atoms with Crippen LogP contribution in [0.25, 0.3) is 0 Å². The van der Waals surface area contributed by atoms with Gasteiger partial charge in [0.25, 0.3) is 6.01 Å². The Morgan fingerprint density at radius 2 is 2.25 bits per heavy atom. The summed E-state index contributed by atoms with van der Waals surface area (Å²) in [6, 6.07) is 7.93. The van der Waals surface area contributed by atoms with Crippen LogP contribution in [0.3, 0.4) is 0 Å². The molecule has 1 aromatic carbocycles. The Bertz CT molecular complexity index is 654. The zero-order valence-electron chi connectivity index (χ0n) is 10.8. The van der Waals surface area contributed by atoms with Crippen molar-refractivity contribution in [3.63, 3.8) is 0 Å². The molecular weight excluding hydrogens is 322 g/mol. The molecule has 0 atom stereocenters. The van der Waals surface area contributed by atoms with Crippen LogP contribution in [-0.2, 0) is 24.2 Å². The van der Waals surface area contributed by atoms with Crippen molar-refractivity contribution in [2.75, 3.05) is 12.3 Å². The summed E-state index contributed by atoms with van der Waals surface area (Å²) in [5.74, 6) is 0.886. The molecule has 1 aromatic heterocycles. The number of nitrogen functional groups attached to an aromatic ring is 1. The van der Waals surface area contributed by atoms with Crippen molar-refractivity contribution in [3.05, 3.63) is 45.8 Å². The molecule has 2 heterocycles. The lowest BCUT2D eigenvalue weighted by molar-refractivity contribution is -0.131. The van der Waals surface area contributed by atoms with Crippen molar-refractivity contribution in [2.45, 2.75) is 19.4 Å². The summed E-state index contributed by atoms with van der Waals surface area (Å²) < 4.78 is 6.25. The summed E-state index contributed by atoms with van der Waals surface area (Å²) in [4.78, 5) is 18.3. The average molecular weight is 336 g/mol. The molecule has 0 spiro atoms. The number of hydrogen-bond donors (Lipinski definition) is 1. The lowest BCUT2D eigenvalue weighted by atomic mass is 10.1. The highest BCUT2D eigenvalue weighted by Gasteiger charge is 2.25. The number of rotatable bonds is 2. The van der Waals surface area contributed by atoms with Crippen LogP contribution in [-0.4, -0.2) is 22.3 Å². The van der Waals surface area contributed by atoms with E-state index in [1.807, 2.05) is 24.3 Å². The molecule has 0 saturated carbocycles. The fraction of sp³-hybridized carbons (Fsp3) is 0.286. The third-order valence-corrected chi connectivity index (χ3v) is 4.17. The zero-order valence-corrected chi connectivity index (χ0v) is 12.4. The number of aromatic nitrogens is 1. The van der Waals surface area contributed by atoms with E-state index in [-0.39, 0.29) is 11.9 Å². The molecule has 2 N–H and O–H groups in total. The average Bonchev–Trinajstić information content (AvgIpc) is 2.80. The zero-order chi connectivity index (χ0) is 14.1. The van der Waals surface area contributed by atoms with Crippen molar-refractivity contribution in [1.29, 1.82) is 0 Å². The van der Waals surface area contributed by atoms with Gasteiger partial charge in [0.2, 0.25) is 5.91 Å². The van der Waals surface area contributed by atoms with Crippen LogP contribution in [0.1, 0.15) is 17.0 Å². The van der Waals surface area contributed by atoms with Gasteiger partial charge in [-0.15, -0.1) is 0 Å². The Balaban J connectivity index is 1.72. The van der Waals surface area contributed by atoms with Crippen molar-refractivity contribution in [3.8, 4) is 0 Å². The molecule has 0 bridgehead atoms. The minimum absolute atomic E-state index is 0.0871. The number of amides is 1. The Morgan fingerprint density at radius 1 is 1.45 bits per heavy atom. The fourth-order valence-corrected chi connectivity index (χ4v) is 2.77. The van der Waals surface area contributed by atoms with Gasteiger partial charge in [0.05, 0.1) is 13.0 Å². The third-order valence-electron chi connectivity index (χ3n) is 3.40. The second-order valence-electron chi connectivity index (χ2n) is 4.76. The molecule has 3 rings (SSSR count). The molecule has 0 fully saturated rings. The standard InChI is InChI=1S/C14H14BrN3O2/c15-10-4-2-1-3-9(10)7-13(19)18-6-5-12-11(8-18)17-14(16)20-12/h1-4H,5-8H2,(H2,16,17). The summed E-state index contributed by atoms with van der Waals surface area (Å²) in [5.41, 5.74) is 7.30. The van der Waals surface area contributed by atoms with Crippen molar-refractivity contribution < 1.29 is 9.21 Å². The van der Waals surface area contributed by atoms with Gasteiger partial charge in [-0.05, 0) is 11.6 Å². The molecular formula is C14H14BrN3O2. The minimum Gasteiger partial charge on any atom is -0.428 e. The lowest BCUT2D eigenvalue weighted by Gasteiger charge is -2.25. The summed E-state index contributed by atoms with van der Waals surface area (Å²) in [6.45, 7) is 1.12. The van der Waals surface area contributed by atoms with Crippen molar-refractivity contribution >= 4 is 27.9 Å².